The third-order valence-electron chi connectivity index (χ3n) is 4.91. The first-order valence-corrected chi connectivity index (χ1v) is 12.8. The number of benzene rings is 2. The number of amides is 2. The normalized spacial score (nSPS) is 12.8. The van der Waals surface area contributed by atoms with Crippen molar-refractivity contribution < 1.29 is 9.59 Å². The number of hydrogen-bond acceptors (Lipinski definition) is 3. The van der Waals surface area contributed by atoms with Gasteiger partial charge in [0.1, 0.15) is 6.04 Å². The highest BCUT2D eigenvalue weighted by molar-refractivity contribution is 9.10. The molecule has 0 aliphatic rings. The van der Waals surface area contributed by atoms with E-state index in [1.54, 1.807) is 17.9 Å². The van der Waals surface area contributed by atoms with Crippen molar-refractivity contribution in [3.63, 3.8) is 0 Å². The topological polar surface area (TPSA) is 49.4 Å². The SMILES string of the molecule is CC[C@@H](C)NC(=O)[C@H](C)N(Cc1ccc(Br)cc1)C(=O)CSCc1ccc(Cl)c(Cl)c1. The minimum Gasteiger partial charge on any atom is -0.352 e. The highest BCUT2D eigenvalue weighted by atomic mass is 79.9. The molecule has 0 unspecified atom stereocenters. The fourth-order valence-corrected chi connectivity index (χ4v) is 4.25. The van der Waals surface area contributed by atoms with E-state index in [0.29, 0.717) is 22.3 Å². The summed E-state index contributed by atoms with van der Waals surface area (Å²) in [5.74, 6) is 0.661. The average Bonchev–Trinajstić information content (AvgIpc) is 2.75. The maximum absolute atomic E-state index is 13.1. The summed E-state index contributed by atoms with van der Waals surface area (Å²) in [4.78, 5) is 27.5. The number of rotatable bonds is 10. The molecule has 0 saturated carbocycles. The third kappa shape index (κ3) is 8.33. The smallest absolute Gasteiger partial charge is 0.242 e. The zero-order chi connectivity index (χ0) is 23.0. The molecule has 31 heavy (non-hydrogen) atoms. The van der Waals surface area contributed by atoms with Crippen molar-refractivity contribution in [2.24, 2.45) is 0 Å². The van der Waals surface area contributed by atoms with Crippen LogP contribution < -0.4 is 5.32 Å². The molecule has 2 atom stereocenters. The van der Waals surface area contributed by atoms with Gasteiger partial charge in [0.15, 0.2) is 0 Å². The lowest BCUT2D eigenvalue weighted by Gasteiger charge is -2.29. The summed E-state index contributed by atoms with van der Waals surface area (Å²) in [6.07, 6.45) is 0.832. The molecule has 0 aliphatic carbocycles. The predicted molar refractivity (Wildman–Crippen MR) is 135 cm³/mol. The second-order valence-corrected chi connectivity index (χ2v) is 10.1. The second kappa shape index (κ2) is 12.7. The van der Waals surface area contributed by atoms with Crippen LogP contribution in [0.5, 0.6) is 0 Å². The van der Waals surface area contributed by atoms with Gasteiger partial charge in [-0.1, -0.05) is 64.3 Å². The first kappa shape index (κ1) is 26.0. The van der Waals surface area contributed by atoms with Crippen LogP contribution in [0.2, 0.25) is 10.0 Å². The van der Waals surface area contributed by atoms with E-state index >= 15 is 0 Å². The Morgan fingerprint density at radius 1 is 1.06 bits per heavy atom. The molecule has 4 nitrogen and oxygen atoms in total. The Morgan fingerprint density at radius 2 is 1.71 bits per heavy atom. The molecule has 0 radical (unpaired) electrons. The van der Waals surface area contributed by atoms with Gasteiger partial charge in [-0.25, -0.2) is 0 Å². The molecule has 0 bridgehead atoms. The molecule has 0 heterocycles. The highest BCUT2D eigenvalue weighted by Crippen LogP contribution is 2.25. The first-order chi connectivity index (χ1) is 14.7. The molecule has 0 fully saturated rings. The molecule has 0 spiro atoms. The Hall–Kier alpha value is -1.21. The number of nitrogens with zero attached hydrogens (tertiary/aromatic N) is 1. The van der Waals surface area contributed by atoms with E-state index in [4.69, 9.17) is 23.2 Å². The van der Waals surface area contributed by atoms with Crippen LogP contribution in [0.4, 0.5) is 0 Å². The molecular formula is C23H27BrCl2N2O2S. The van der Waals surface area contributed by atoms with Gasteiger partial charge < -0.3 is 10.2 Å². The fraction of sp³-hybridized carbons (Fsp3) is 0.391. The van der Waals surface area contributed by atoms with Crippen LogP contribution in [-0.4, -0.2) is 34.6 Å². The van der Waals surface area contributed by atoms with Crippen LogP contribution in [0.3, 0.4) is 0 Å². The van der Waals surface area contributed by atoms with Crippen LogP contribution in [0.25, 0.3) is 0 Å². The largest absolute Gasteiger partial charge is 0.352 e. The Labute approximate surface area is 207 Å². The van der Waals surface area contributed by atoms with Crippen LogP contribution >= 0.6 is 50.9 Å². The summed E-state index contributed by atoms with van der Waals surface area (Å²) in [5.41, 5.74) is 1.96. The van der Waals surface area contributed by atoms with Gasteiger partial charge in [0.25, 0.3) is 0 Å². The maximum atomic E-state index is 13.1. The molecule has 0 aliphatic heterocycles. The van der Waals surface area contributed by atoms with Gasteiger partial charge in [0.2, 0.25) is 11.8 Å². The number of nitrogens with one attached hydrogen (secondary N) is 1. The van der Waals surface area contributed by atoms with Crippen molar-refractivity contribution >= 4 is 62.7 Å². The molecule has 1 N–H and O–H groups in total. The summed E-state index contributed by atoms with van der Waals surface area (Å²) in [6.45, 7) is 6.12. The van der Waals surface area contributed by atoms with Gasteiger partial charge in [0.05, 0.1) is 15.8 Å². The number of carbonyl (C=O) groups is 2. The molecule has 168 valence electrons. The quantitative estimate of drug-likeness (QED) is 0.380. The van der Waals surface area contributed by atoms with E-state index < -0.39 is 6.04 Å². The Kier molecular flexibility index (Phi) is 10.7. The monoisotopic (exact) mass is 544 g/mol. The molecule has 2 aromatic carbocycles. The van der Waals surface area contributed by atoms with Crippen LogP contribution in [0.1, 0.15) is 38.3 Å². The second-order valence-electron chi connectivity index (χ2n) is 7.38. The molecule has 2 amide bonds. The number of halogens is 3. The summed E-state index contributed by atoms with van der Waals surface area (Å²) in [5, 5.41) is 3.98. The number of carbonyl (C=O) groups excluding carboxylic acids is 2. The highest BCUT2D eigenvalue weighted by Gasteiger charge is 2.26. The van der Waals surface area contributed by atoms with Crippen molar-refractivity contribution in [1.82, 2.24) is 10.2 Å². The number of thioether (sulfide) groups is 1. The van der Waals surface area contributed by atoms with E-state index in [1.807, 2.05) is 50.2 Å². The first-order valence-electron chi connectivity index (χ1n) is 10.1. The van der Waals surface area contributed by atoms with E-state index in [0.717, 1.165) is 22.0 Å². The molecule has 0 saturated heterocycles. The molecule has 2 rings (SSSR count). The Morgan fingerprint density at radius 3 is 2.32 bits per heavy atom. The van der Waals surface area contributed by atoms with Gasteiger partial charge in [-0.05, 0) is 55.7 Å². The lowest BCUT2D eigenvalue weighted by molar-refractivity contribution is -0.138. The Balaban J connectivity index is 2.07. The summed E-state index contributed by atoms with van der Waals surface area (Å²) < 4.78 is 0.967. The lowest BCUT2D eigenvalue weighted by atomic mass is 10.1. The standard InChI is InChI=1S/C23H27BrCl2N2O2S/c1-4-15(2)27-23(30)16(3)28(12-17-5-8-19(24)9-6-17)22(29)14-31-13-18-7-10-20(25)21(26)11-18/h5-11,15-16H,4,12-14H2,1-3H3,(H,27,30)/t15-,16+/m1/s1. The third-order valence-corrected chi connectivity index (χ3v) is 7.17. The molecular weight excluding hydrogens is 519 g/mol. The fourth-order valence-electron chi connectivity index (χ4n) is 2.80. The van der Waals surface area contributed by atoms with E-state index in [9.17, 15) is 9.59 Å². The van der Waals surface area contributed by atoms with Gasteiger partial charge in [-0.3, -0.25) is 9.59 Å². The molecule has 2 aromatic rings. The minimum absolute atomic E-state index is 0.0589. The molecule has 8 heteroatoms. The minimum atomic E-state index is -0.573. The van der Waals surface area contributed by atoms with Crippen molar-refractivity contribution in [3.8, 4) is 0 Å². The average molecular weight is 546 g/mol. The zero-order valence-corrected chi connectivity index (χ0v) is 21.7. The van der Waals surface area contributed by atoms with E-state index in [-0.39, 0.29) is 23.6 Å². The molecule has 0 aromatic heterocycles. The van der Waals surface area contributed by atoms with Gasteiger partial charge in [-0.2, -0.15) is 0 Å². The summed E-state index contributed by atoms with van der Waals surface area (Å²) >= 11 is 17.0. The van der Waals surface area contributed by atoms with Gasteiger partial charge in [0, 0.05) is 22.8 Å². The zero-order valence-electron chi connectivity index (χ0n) is 17.8. The van der Waals surface area contributed by atoms with Gasteiger partial charge >= 0.3 is 0 Å². The van der Waals surface area contributed by atoms with Crippen LogP contribution in [0, 0.1) is 0 Å². The Bertz CT molecular complexity index is 896. The van der Waals surface area contributed by atoms with Gasteiger partial charge in [-0.15, -0.1) is 11.8 Å². The maximum Gasteiger partial charge on any atom is 0.242 e. The van der Waals surface area contributed by atoms with Crippen LogP contribution in [-0.2, 0) is 21.9 Å². The number of hydrogen-bond donors (Lipinski definition) is 1. The van der Waals surface area contributed by atoms with E-state index in [1.165, 1.54) is 11.8 Å². The van der Waals surface area contributed by atoms with Crippen molar-refractivity contribution in [1.29, 1.82) is 0 Å². The predicted octanol–water partition coefficient (Wildman–Crippen LogP) is 6.32. The van der Waals surface area contributed by atoms with Crippen molar-refractivity contribution in [2.45, 2.75) is 51.6 Å². The lowest BCUT2D eigenvalue weighted by Crippen LogP contribution is -2.50. The summed E-state index contributed by atoms with van der Waals surface area (Å²) in [7, 11) is 0. The van der Waals surface area contributed by atoms with E-state index in [2.05, 4.69) is 21.2 Å². The van der Waals surface area contributed by atoms with Crippen LogP contribution in [0.15, 0.2) is 46.9 Å². The van der Waals surface area contributed by atoms with Crippen molar-refractivity contribution in [3.05, 3.63) is 68.1 Å². The summed E-state index contributed by atoms with van der Waals surface area (Å²) in [6, 6.07) is 12.7. The van der Waals surface area contributed by atoms with Crippen molar-refractivity contribution in [2.75, 3.05) is 5.75 Å².